The monoisotopic (exact) mass is 330 g/mol. The molecule has 6 heteroatoms. The predicted octanol–water partition coefficient (Wildman–Crippen LogP) is 2.45. The normalized spacial score (nSPS) is 14.7. The Morgan fingerprint density at radius 3 is 2.52 bits per heavy atom. The van der Waals surface area contributed by atoms with Gasteiger partial charge in [-0.1, -0.05) is 30.3 Å². The van der Waals surface area contributed by atoms with Crippen LogP contribution in [0.1, 0.15) is 11.1 Å². The maximum Gasteiger partial charge on any atom is 0.265 e. The number of aliphatic imine (C=N–C) groups is 1. The third-order valence-corrected chi connectivity index (χ3v) is 5.57. The molecule has 0 aromatic heterocycles. The zero-order valence-electron chi connectivity index (χ0n) is 13.1. The van der Waals surface area contributed by atoms with Crippen molar-refractivity contribution < 1.29 is 13.2 Å². The molecular weight excluding hydrogens is 312 g/mol. The Kier molecular flexibility index (Phi) is 4.09. The van der Waals surface area contributed by atoms with Gasteiger partial charge in [0.1, 0.15) is 11.6 Å². The molecule has 0 bridgehead atoms. The molecule has 1 heterocycles. The first kappa shape index (κ1) is 15.6. The van der Waals surface area contributed by atoms with Crippen molar-refractivity contribution in [1.29, 1.82) is 0 Å². The summed E-state index contributed by atoms with van der Waals surface area (Å²) in [5.74, 6) is 1.17. The number of benzene rings is 2. The molecule has 120 valence electrons. The van der Waals surface area contributed by atoms with Crippen LogP contribution in [0.5, 0.6) is 5.75 Å². The highest BCUT2D eigenvalue weighted by Gasteiger charge is 2.31. The second kappa shape index (κ2) is 6.04. The summed E-state index contributed by atoms with van der Waals surface area (Å²) in [5, 5.41) is 0. The molecule has 2 aromatic rings. The first-order valence-corrected chi connectivity index (χ1v) is 8.75. The largest absolute Gasteiger partial charge is 0.496 e. The van der Waals surface area contributed by atoms with E-state index in [4.69, 9.17) is 4.74 Å². The third-order valence-electron chi connectivity index (χ3n) is 3.79. The van der Waals surface area contributed by atoms with Crippen LogP contribution < -0.4 is 4.74 Å². The maximum absolute atomic E-state index is 13.0. The molecule has 1 aliphatic rings. The fourth-order valence-electron chi connectivity index (χ4n) is 2.63. The van der Waals surface area contributed by atoms with Crippen LogP contribution in [0.15, 0.2) is 58.4 Å². The molecule has 0 spiro atoms. The lowest BCUT2D eigenvalue weighted by molar-refractivity contribution is 0.411. The summed E-state index contributed by atoms with van der Waals surface area (Å²) in [6.07, 6.45) is 0. The van der Waals surface area contributed by atoms with Crippen molar-refractivity contribution in [3.8, 4) is 5.75 Å². The van der Waals surface area contributed by atoms with E-state index in [9.17, 15) is 8.42 Å². The minimum absolute atomic E-state index is 0.251. The maximum atomic E-state index is 13.0. The molecule has 0 amide bonds. The van der Waals surface area contributed by atoms with Crippen LogP contribution in [-0.2, 0) is 10.0 Å². The van der Waals surface area contributed by atoms with Gasteiger partial charge in [0.2, 0.25) is 0 Å². The molecule has 0 N–H and O–H groups in total. The van der Waals surface area contributed by atoms with E-state index < -0.39 is 10.0 Å². The second-order valence-electron chi connectivity index (χ2n) is 5.28. The molecule has 2 aromatic carbocycles. The molecule has 0 aliphatic carbocycles. The van der Waals surface area contributed by atoms with Gasteiger partial charge in [-0.15, -0.1) is 0 Å². The Labute approximate surface area is 136 Å². The van der Waals surface area contributed by atoms with Gasteiger partial charge in [0.15, 0.2) is 0 Å². The lowest BCUT2D eigenvalue weighted by Gasteiger charge is -2.21. The Hall–Kier alpha value is -2.34. The summed E-state index contributed by atoms with van der Waals surface area (Å²) < 4.78 is 32.5. The predicted molar refractivity (Wildman–Crippen MR) is 89.5 cm³/mol. The summed E-state index contributed by atoms with van der Waals surface area (Å²) in [5.41, 5.74) is 1.59. The van der Waals surface area contributed by atoms with Crippen LogP contribution in [-0.4, -0.2) is 38.8 Å². The van der Waals surface area contributed by atoms with Gasteiger partial charge in [-0.05, 0) is 30.7 Å². The van der Waals surface area contributed by atoms with Gasteiger partial charge >= 0.3 is 0 Å². The summed E-state index contributed by atoms with van der Waals surface area (Å²) in [4.78, 5) is 4.63. The Bertz CT molecular complexity index is 845. The van der Waals surface area contributed by atoms with Crippen LogP contribution in [0.2, 0.25) is 0 Å². The minimum Gasteiger partial charge on any atom is -0.496 e. The van der Waals surface area contributed by atoms with E-state index in [-0.39, 0.29) is 4.90 Å². The van der Waals surface area contributed by atoms with Crippen molar-refractivity contribution >= 4 is 15.9 Å². The van der Waals surface area contributed by atoms with Gasteiger partial charge in [0.05, 0.1) is 25.1 Å². The average molecular weight is 330 g/mol. The number of aryl methyl sites for hydroxylation is 1. The number of sulfonamides is 1. The van der Waals surface area contributed by atoms with E-state index in [0.717, 1.165) is 11.1 Å². The topological polar surface area (TPSA) is 59.0 Å². The smallest absolute Gasteiger partial charge is 0.265 e. The highest BCUT2D eigenvalue weighted by atomic mass is 32.2. The molecule has 1 aliphatic heterocycles. The first-order chi connectivity index (χ1) is 11.0. The van der Waals surface area contributed by atoms with Crippen LogP contribution in [0, 0.1) is 6.92 Å². The van der Waals surface area contributed by atoms with Crippen molar-refractivity contribution in [2.45, 2.75) is 11.8 Å². The van der Waals surface area contributed by atoms with E-state index in [0.29, 0.717) is 24.7 Å². The number of hydrogen-bond acceptors (Lipinski definition) is 4. The summed E-state index contributed by atoms with van der Waals surface area (Å²) in [7, 11) is -2.07. The molecule has 0 saturated heterocycles. The quantitative estimate of drug-likeness (QED) is 0.865. The Morgan fingerprint density at radius 2 is 1.87 bits per heavy atom. The molecule has 5 nitrogen and oxygen atoms in total. The summed E-state index contributed by atoms with van der Waals surface area (Å²) in [6.45, 7) is 2.66. The van der Waals surface area contributed by atoms with Crippen LogP contribution in [0.25, 0.3) is 0 Å². The molecular formula is C17H18N2O3S. The van der Waals surface area contributed by atoms with Crippen molar-refractivity contribution in [1.82, 2.24) is 4.31 Å². The standard InChI is InChI=1S/C17H18N2O3S/c1-13-12-15(8-9-16(13)22-2)23(20,21)19-11-10-18-17(19)14-6-4-3-5-7-14/h3-9,12H,10-11H2,1-2H3. The third kappa shape index (κ3) is 2.82. The van der Waals surface area contributed by atoms with Crippen molar-refractivity contribution in [3.63, 3.8) is 0 Å². The Morgan fingerprint density at radius 1 is 1.13 bits per heavy atom. The van der Waals surface area contributed by atoms with Crippen molar-refractivity contribution in [2.75, 3.05) is 20.2 Å². The zero-order valence-corrected chi connectivity index (χ0v) is 13.9. The summed E-state index contributed by atoms with van der Waals surface area (Å²) in [6, 6.07) is 14.3. The fourth-order valence-corrected chi connectivity index (χ4v) is 4.16. The van der Waals surface area contributed by atoms with Gasteiger partial charge in [0.25, 0.3) is 10.0 Å². The number of hydrogen-bond donors (Lipinski definition) is 0. The van der Waals surface area contributed by atoms with E-state index in [1.807, 2.05) is 37.3 Å². The number of amidine groups is 1. The fraction of sp³-hybridized carbons (Fsp3) is 0.235. The Balaban J connectivity index is 2.00. The molecule has 3 rings (SSSR count). The second-order valence-corrected chi connectivity index (χ2v) is 7.14. The van der Waals surface area contributed by atoms with Gasteiger partial charge in [0, 0.05) is 5.56 Å². The highest BCUT2D eigenvalue weighted by Crippen LogP contribution is 2.26. The molecule has 0 fully saturated rings. The van der Waals surface area contributed by atoms with Gasteiger partial charge in [-0.2, -0.15) is 0 Å². The van der Waals surface area contributed by atoms with Gasteiger partial charge in [-0.25, -0.2) is 12.7 Å². The molecule has 0 unspecified atom stereocenters. The zero-order chi connectivity index (χ0) is 16.4. The molecule has 0 atom stereocenters. The van der Waals surface area contributed by atoms with Crippen LogP contribution in [0.4, 0.5) is 0 Å². The number of ether oxygens (including phenoxy) is 1. The lowest BCUT2D eigenvalue weighted by atomic mass is 10.2. The highest BCUT2D eigenvalue weighted by molar-refractivity contribution is 7.89. The minimum atomic E-state index is -3.64. The molecule has 0 saturated carbocycles. The van der Waals surface area contributed by atoms with E-state index in [2.05, 4.69) is 4.99 Å². The van der Waals surface area contributed by atoms with Crippen LogP contribution >= 0.6 is 0 Å². The number of nitrogens with zero attached hydrogens (tertiary/aromatic N) is 2. The van der Waals surface area contributed by atoms with Crippen LogP contribution in [0.3, 0.4) is 0 Å². The van der Waals surface area contributed by atoms with Crippen molar-refractivity contribution in [2.24, 2.45) is 4.99 Å². The van der Waals surface area contributed by atoms with E-state index >= 15 is 0 Å². The molecule has 0 radical (unpaired) electrons. The summed E-state index contributed by atoms with van der Waals surface area (Å²) >= 11 is 0. The number of methoxy groups -OCH3 is 1. The number of rotatable bonds is 4. The van der Waals surface area contributed by atoms with Crippen molar-refractivity contribution in [3.05, 3.63) is 59.7 Å². The lowest BCUT2D eigenvalue weighted by Crippen LogP contribution is -2.34. The van der Waals surface area contributed by atoms with Gasteiger partial charge < -0.3 is 4.74 Å². The molecule has 23 heavy (non-hydrogen) atoms. The van der Waals surface area contributed by atoms with E-state index in [1.165, 1.54) is 4.31 Å². The SMILES string of the molecule is COc1ccc(S(=O)(=O)N2CCN=C2c2ccccc2)cc1C. The van der Waals surface area contributed by atoms with Gasteiger partial charge in [-0.3, -0.25) is 4.99 Å². The first-order valence-electron chi connectivity index (χ1n) is 7.31. The average Bonchev–Trinajstić information content (AvgIpc) is 3.06. The van der Waals surface area contributed by atoms with E-state index in [1.54, 1.807) is 25.3 Å².